The second-order valence-electron chi connectivity index (χ2n) is 5.42. The molecule has 25 heavy (non-hydrogen) atoms. The van der Waals surface area contributed by atoms with Gasteiger partial charge in [-0.2, -0.15) is 5.10 Å². The lowest BCUT2D eigenvalue weighted by Crippen LogP contribution is -2.25. The largest absolute Gasteiger partial charge is 0.274 e. The van der Waals surface area contributed by atoms with Crippen LogP contribution >= 0.6 is 22.6 Å². The molecule has 0 aliphatic heterocycles. The van der Waals surface area contributed by atoms with Crippen LogP contribution < -0.4 is 9.73 Å². The minimum absolute atomic E-state index is 0.363. The van der Waals surface area contributed by atoms with E-state index in [-0.39, 0.29) is 5.91 Å². The number of hydrogen-bond acceptors (Lipinski definition) is 4. The highest BCUT2D eigenvalue weighted by atomic mass is 127. The van der Waals surface area contributed by atoms with E-state index in [0.717, 1.165) is 19.7 Å². The van der Waals surface area contributed by atoms with Crippen LogP contribution in [0.15, 0.2) is 53.6 Å². The van der Waals surface area contributed by atoms with Crippen LogP contribution in [0.1, 0.15) is 22.8 Å². The van der Waals surface area contributed by atoms with E-state index < -0.39 is 10.0 Å². The Hall–Kier alpha value is -1.94. The summed E-state index contributed by atoms with van der Waals surface area (Å²) < 4.78 is 25.3. The van der Waals surface area contributed by atoms with Gasteiger partial charge in [-0.1, -0.05) is 12.1 Å². The van der Waals surface area contributed by atoms with Gasteiger partial charge in [-0.25, -0.2) is 13.8 Å². The quantitative estimate of drug-likeness (QED) is 0.414. The van der Waals surface area contributed by atoms with Gasteiger partial charge in [0.2, 0.25) is 10.0 Å². The number of hydrazone groups is 1. The zero-order valence-corrected chi connectivity index (χ0v) is 17.0. The maximum Gasteiger partial charge on any atom is 0.271 e. The Bertz CT molecular complexity index is 892. The number of anilines is 1. The lowest BCUT2D eigenvalue weighted by molar-refractivity contribution is 0.0955. The molecular weight excluding hydrogens is 453 g/mol. The van der Waals surface area contributed by atoms with E-state index in [1.807, 2.05) is 31.2 Å². The molecule has 0 radical (unpaired) electrons. The first-order valence-electron chi connectivity index (χ1n) is 7.33. The Labute approximate surface area is 161 Å². The molecule has 6 nitrogen and oxygen atoms in total. The van der Waals surface area contributed by atoms with E-state index in [0.29, 0.717) is 17.0 Å². The minimum Gasteiger partial charge on any atom is -0.274 e. The molecule has 0 aliphatic rings. The number of amides is 1. The third-order valence-corrected chi connectivity index (χ3v) is 5.50. The number of rotatable bonds is 5. The Morgan fingerprint density at radius 1 is 1.04 bits per heavy atom. The van der Waals surface area contributed by atoms with Gasteiger partial charge in [0.15, 0.2) is 0 Å². The van der Waals surface area contributed by atoms with Gasteiger partial charge >= 0.3 is 0 Å². The summed E-state index contributed by atoms with van der Waals surface area (Å²) in [5.41, 5.74) is 5.00. The summed E-state index contributed by atoms with van der Waals surface area (Å²) in [5, 5.41) is 4.11. The molecule has 132 valence electrons. The van der Waals surface area contributed by atoms with Gasteiger partial charge in [-0.05, 0) is 71.5 Å². The number of benzene rings is 2. The highest BCUT2D eigenvalue weighted by Gasteiger charge is 2.12. The van der Waals surface area contributed by atoms with E-state index in [9.17, 15) is 13.2 Å². The third-order valence-electron chi connectivity index (χ3n) is 3.58. The second-order valence-corrected chi connectivity index (χ2v) is 8.68. The van der Waals surface area contributed by atoms with Gasteiger partial charge in [0, 0.05) is 16.2 Å². The van der Waals surface area contributed by atoms with Crippen molar-refractivity contribution in [3.63, 3.8) is 0 Å². The van der Waals surface area contributed by atoms with Crippen molar-refractivity contribution in [2.45, 2.75) is 6.92 Å². The number of carbonyl (C=O) groups excluding carboxylic acids is 1. The molecule has 2 aromatic carbocycles. The fourth-order valence-corrected chi connectivity index (χ4v) is 2.83. The molecule has 0 aliphatic carbocycles. The molecule has 0 heterocycles. The minimum atomic E-state index is -3.33. The molecule has 0 spiro atoms. The predicted molar refractivity (Wildman–Crippen MR) is 109 cm³/mol. The van der Waals surface area contributed by atoms with Crippen LogP contribution in [0.25, 0.3) is 0 Å². The summed E-state index contributed by atoms with van der Waals surface area (Å²) >= 11 is 2.22. The first-order valence-corrected chi connectivity index (χ1v) is 10.3. The van der Waals surface area contributed by atoms with Gasteiger partial charge in [-0.3, -0.25) is 9.10 Å². The average Bonchev–Trinajstić information content (AvgIpc) is 2.58. The Balaban J connectivity index is 2.08. The molecule has 8 heteroatoms. The van der Waals surface area contributed by atoms with Crippen molar-refractivity contribution in [1.29, 1.82) is 0 Å². The Morgan fingerprint density at radius 3 is 2.08 bits per heavy atom. The van der Waals surface area contributed by atoms with E-state index in [1.165, 1.54) is 7.05 Å². The highest BCUT2D eigenvalue weighted by molar-refractivity contribution is 14.1. The van der Waals surface area contributed by atoms with Crippen LogP contribution in [0.3, 0.4) is 0 Å². The van der Waals surface area contributed by atoms with Crippen molar-refractivity contribution in [3.8, 4) is 0 Å². The van der Waals surface area contributed by atoms with Crippen LogP contribution in [0.4, 0.5) is 5.69 Å². The first-order chi connectivity index (χ1) is 11.7. The molecule has 0 unspecified atom stereocenters. The summed E-state index contributed by atoms with van der Waals surface area (Å²) in [6.45, 7) is 1.81. The summed E-state index contributed by atoms with van der Waals surface area (Å²) in [5.74, 6) is -0.363. The smallest absolute Gasteiger partial charge is 0.271 e. The van der Waals surface area contributed by atoms with Crippen molar-refractivity contribution in [3.05, 3.63) is 63.2 Å². The van der Waals surface area contributed by atoms with Crippen LogP contribution in [-0.2, 0) is 10.0 Å². The SMILES string of the molecule is C/C(=N/NC(=O)c1ccc(N(C)S(C)(=O)=O)cc1)c1ccc(I)cc1. The fourth-order valence-electron chi connectivity index (χ4n) is 1.97. The van der Waals surface area contributed by atoms with Crippen LogP contribution in [-0.4, -0.2) is 33.3 Å². The standard InChI is InChI=1S/C17H18IN3O3S/c1-12(13-4-8-15(18)9-5-13)19-20-17(22)14-6-10-16(11-7-14)21(2)25(3,23)24/h4-11H,1-3H3,(H,20,22)/b19-12-. The molecule has 0 aromatic heterocycles. The summed E-state index contributed by atoms with van der Waals surface area (Å²) in [7, 11) is -1.88. The van der Waals surface area contributed by atoms with Gasteiger partial charge < -0.3 is 0 Å². The van der Waals surface area contributed by atoms with Crippen molar-refractivity contribution in [2.75, 3.05) is 17.6 Å². The molecule has 0 saturated carbocycles. The van der Waals surface area contributed by atoms with Gasteiger partial charge in [0.25, 0.3) is 5.91 Å². The van der Waals surface area contributed by atoms with Crippen molar-refractivity contribution >= 4 is 49.9 Å². The second kappa shape index (κ2) is 7.96. The van der Waals surface area contributed by atoms with Gasteiger partial charge in [-0.15, -0.1) is 0 Å². The van der Waals surface area contributed by atoms with Gasteiger partial charge in [0.1, 0.15) is 0 Å². The number of nitrogens with one attached hydrogen (secondary N) is 1. The number of sulfonamides is 1. The molecule has 2 aromatic rings. The van der Waals surface area contributed by atoms with Crippen LogP contribution in [0.2, 0.25) is 0 Å². The molecule has 1 N–H and O–H groups in total. The fraction of sp³-hybridized carbons (Fsp3) is 0.176. The normalized spacial score (nSPS) is 11.9. The maximum atomic E-state index is 12.2. The topological polar surface area (TPSA) is 78.8 Å². The molecule has 2 rings (SSSR count). The molecule has 0 bridgehead atoms. The molecule has 0 saturated heterocycles. The molecule has 1 amide bonds. The van der Waals surface area contributed by atoms with E-state index in [1.54, 1.807) is 24.3 Å². The number of carbonyl (C=O) groups is 1. The van der Waals surface area contributed by atoms with Crippen LogP contribution in [0.5, 0.6) is 0 Å². The van der Waals surface area contributed by atoms with Crippen LogP contribution in [0, 0.1) is 3.57 Å². The van der Waals surface area contributed by atoms with Crippen molar-refractivity contribution < 1.29 is 13.2 Å². The molecular formula is C17H18IN3O3S. The van der Waals surface area contributed by atoms with E-state index >= 15 is 0 Å². The molecule has 0 atom stereocenters. The zero-order chi connectivity index (χ0) is 18.6. The average molecular weight is 471 g/mol. The summed E-state index contributed by atoms with van der Waals surface area (Å²) in [6, 6.07) is 14.1. The first kappa shape index (κ1) is 19.4. The summed E-state index contributed by atoms with van der Waals surface area (Å²) in [6.07, 6.45) is 1.12. The predicted octanol–water partition coefficient (Wildman–Crippen LogP) is 2.84. The zero-order valence-electron chi connectivity index (χ0n) is 14.0. The highest BCUT2D eigenvalue weighted by Crippen LogP contribution is 2.16. The van der Waals surface area contributed by atoms with E-state index in [4.69, 9.17) is 0 Å². The maximum absolute atomic E-state index is 12.2. The van der Waals surface area contributed by atoms with Gasteiger partial charge in [0.05, 0.1) is 17.7 Å². The number of halogens is 1. The van der Waals surface area contributed by atoms with Crippen molar-refractivity contribution in [1.82, 2.24) is 5.43 Å². The number of hydrogen-bond donors (Lipinski definition) is 1. The third kappa shape index (κ3) is 5.27. The van der Waals surface area contributed by atoms with Crippen molar-refractivity contribution in [2.24, 2.45) is 5.10 Å². The number of nitrogens with zero attached hydrogens (tertiary/aromatic N) is 2. The van der Waals surface area contributed by atoms with E-state index in [2.05, 4.69) is 33.1 Å². The Morgan fingerprint density at radius 2 is 1.56 bits per heavy atom. The molecule has 0 fully saturated rings. The lowest BCUT2D eigenvalue weighted by Gasteiger charge is -2.16. The monoisotopic (exact) mass is 471 g/mol. The summed E-state index contributed by atoms with van der Waals surface area (Å²) in [4.78, 5) is 12.2. The lowest BCUT2D eigenvalue weighted by atomic mass is 10.1. The Kier molecular flexibility index (Phi) is 6.17.